The number of fused-ring (bicyclic) bond motifs is 3. The van der Waals surface area contributed by atoms with E-state index in [2.05, 4.69) is 25.2 Å². The molecule has 1 fully saturated rings. The van der Waals surface area contributed by atoms with Crippen molar-refractivity contribution in [2.45, 2.75) is 31.4 Å². The van der Waals surface area contributed by atoms with Gasteiger partial charge in [-0.05, 0) is 53.1 Å². The Hall–Kier alpha value is -3.89. The number of pyridine rings is 1. The van der Waals surface area contributed by atoms with Crippen LogP contribution in [-0.4, -0.2) is 56.5 Å². The third-order valence-electron chi connectivity index (χ3n) is 5.57. The number of hydrogen-bond donors (Lipinski definition) is 0. The summed E-state index contributed by atoms with van der Waals surface area (Å²) in [6.45, 7) is 0. The first-order valence-electron chi connectivity index (χ1n) is 9.64. The van der Waals surface area contributed by atoms with Crippen molar-refractivity contribution in [3.8, 4) is 16.9 Å². The monoisotopic (exact) mass is 424 g/mol. The SMILES string of the molecule is COC(=O)CC[C@@H]1OC(=O)N2c3cc(F)c(-c4ccc(-n5cnnn5)nc4)cc3C[C@@H]12. The van der Waals surface area contributed by atoms with Gasteiger partial charge in [0.15, 0.2) is 5.82 Å². The molecule has 158 valence electrons. The summed E-state index contributed by atoms with van der Waals surface area (Å²) < 4.78 is 26.5. The van der Waals surface area contributed by atoms with Crippen molar-refractivity contribution in [1.82, 2.24) is 25.2 Å². The minimum atomic E-state index is -0.529. The maximum Gasteiger partial charge on any atom is 0.415 e. The highest BCUT2D eigenvalue weighted by Crippen LogP contribution is 2.42. The number of halogens is 1. The second-order valence-electron chi connectivity index (χ2n) is 7.30. The van der Waals surface area contributed by atoms with Crippen LogP contribution in [0.15, 0.2) is 36.8 Å². The quantitative estimate of drug-likeness (QED) is 0.572. The van der Waals surface area contributed by atoms with Gasteiger partial charge in [0, 0.05) is 23.7 Å². The number of benzene rings is 1. The maximum absolute atomic E-state index is 15.0. The van der Waals surface area contributed by atoms with Crippen LogP contribution < -0.4 is 4.90 Å². The molecule has 2 aliphatic rings. The highest BCUT2D eigenvalue weighted by Gasteiger charge is 2.47. The molecule has 0 N–H and O–H groups in total. The van der Waals surface area contributed by atoms with Crippen LogP contribution in [0.3, 0.4) is 0 Å². The van der Waals surface area contributed by atoms with E-state index in [9.17, 15) is 14.0 Å². The topological polar surface area (TPSA) is 112 Å². The average molecular weight is 424 g/mol. The Morgan fingerprint density at radius 1 is 1.35 bits per heavy atom. The molecule has 11 heteroatoms. The molecule has 0 spiro atoms. The number of methoxy groups -OCH3 is 1. The fraction of sp³-hybridized carbons (Fsp3) is 0.300. The number of anilines is 1. The number of esters is 1. The van der Waals surface area contributed by atoms with E-state index in [-0.39, 0.29) is 18.4 Å². The van der Waals surface area contributed by atoms with Gasteiger partial charge < -0.3 is 9.47 Å². The number of rotatable bonds is 5. The lowest BCUT2D eigenvalue weighted by Gasteiger charge is -2.16. The van der Waals surface area contributed by atoms with E-state index < -0.39 is 18.0 Å². The summed E-state index contributed by atoms with van der Waals surface area (Å²) in [6, 6.07) is 6.24. The van der Waals surface area contributed by atoms with Gasteiger partial charge in [0.2, 0.25) is 0 Å². The summed E-state index contributed by atoms with van der Waals surface area (Å²) in [7, 11) is 1.31. The summed E-state index contributed by atoms with van der Waals surface area (Å²) in [5, 5.41) is 10.9. The lowest BCUT2D eigenvalue weighted by molar-refractivity contribution is -0.141. The molecule has 1 saturated heterocycles. The predicted molar refractivity (Wildman–Crippen MR) is 104 cm³/mol. The molecule has 1 aromatic carbocycles. The van der Waals surface area contributed by atoms with E-state index in [0.717, 1.165) is 5.56 Å². The van der Waals surface area contributed by atoms with Gasteiger partial charge in [0.05, 0.1) is 18.8 Å². The van der Waals surface area contributed by atoms with Gasteiger partial charge in [0.1, 0.15) is 18.2 Å². The fourth-order valence-corrected chi connectivity index (χ4v) is 4.07. The Kier molecular flexibility index (Phi) is 4.57. The molecule has 2 atom stereocenters. The molecule has 31 heavy (non-hydrogen) atoms. The van der Waals surface area contributed by atoms with E-state index in [1.54, 1.807) is 24.4 Å². The smallest absolute Gasteiger partial charge is 0.415 e. The van der Waals surface area contributed by atoms with Crippen molar-refractivity contribution in [2.24, 2.45) is 0 Å². The minimum absolute atomic E-state index is 0.147. The number of ether oxygens (including phenoxy) is 2. The van der Waals surface area contributed by atoms with Crippen molar-refractivity contribution in [3.63, 3.8) is 0 Å². The third kappa shape index (κ3) is 3.27. The molecule has 0 unspecified atom stereocenters. The number of carbonyl (C=O) groups is 2. The normalized spacial score (nSPS) is 19.2. The zero-order valence-corrected chi connectivity index (χ0v) is 16.4. The van der Waals surface area contributed by atoms with Crippen LogP contribution >= 0.6 is 0 Å². The standard InChI is InChI=1S/C20H17FN6O4/c1-30-19(28)5-3-17-16-7-12-6-13(14(21)8-15(12)27(16)20(29)31-17)11-2-4-18(22-9-11)26-10-23-24-25-26/h2,4,6,8-10,16-17H,3,5,7H2,1H3/t16-,17-/m0/s1. The molecule has 4 heterocycles. The summed E-state index contributed by atoms with van der Waals surface area (Å²) >= 11 is 0. The molecule has 2 aromatic heterocycles. The molecule has 1 amide bonds. The van der Waals surface area contributed by atoms with Crippen LogP contribution in [0, 0.1) is 5.82 Å². The Labute approximate surface area is 175 Å². The first kappa shape index (κ1) is 19.1. The second-order valence-corrected chi connectivity index (χ2v) is 7.30. The van der Waals surface area contributed by atoms with Crippen molar-refractivity contribution >= 4 is 17.7 Å². The average Bonchev–Trinajstić information content (AvgIpc) is 3.49. The number of aromatic nitrogens is 5. The summed E-state index contributed by atoms with van der Waals surface area (Å²) in [5.74, 6) is -0.328. The largest absolute Gasteiger partial charge is 0.469 e. The zero-order valence-electron chi connectivity index (χ0n) is 16.4. The second kappa shape index (κ2) is 7.42. The Morgan fingerprint density at radius 3 is 2.94 bits per heavy atom. The molecule has 3 aromatic rings. The van der Waals surface area contributed by atoms with Gasteiger partial charge in [-0.3, -0.25) is 9.69 Å². The number of carbonyl (C=O) groups excluding carboxylic acids is 2. The molecule has 0 aliphatic carbocycles. The van der Waals surface area contributed by atoms with Crippen LogP contribution in [0.2, 0.25) is 0 Å². The molecular weight excluding hydrogens is 407 g/mol. The van der Waals surface area contributed by atoms with Crippen LogP contribution in [0.1, 0.15) is 18.4 Å². The van der Waals surface area contributed by atoms with Crippen LogP contribution in [-0.2, 0) is 20.7 Å². The minimum Gasteiger partial charge on any atom is -0.469 e. The van der Waals surface area contributed by atoms with Crippen molar-refractivity contribution in [1.29, 1.82) is 0 Å². The van der Waals surface area contributed by atoms with Crippen molar-refractivity contribution < 1.29 is 23.5 Å². The summed E-state index contributed by atoms with van der Waals surface area (Å²) in [6.07, 6.45) is 2.99. The Balaban J connectivity index is 1.41. The Morgan fingerprint density at radius 2 is 2.23 bits per heavy atom. The number of tetrazole rings is 1. The van der Waals surface area contributed by atoms with Gasteiger partial charge in [0.25, 0.3) is 0 Å². The van der Waals surface area contributed by atoms with Crippen LogP contribution in [0.25, 0.3) is 16.9 Å². The fourth-order valence-electron chi connectivity index (χ4n) is 4.07. The van der Waals surface area contributed by atoms with Gasteiger partial charge in [-0.1, -0.05) is 0 Å². The number of amides is 1. The lowest BCUT2D eigenvalue weighted by Crippen LogP contribution is -2.33. The number of hydrogen-bond acceptors (Lipinski definition) is 8. The molecule has 0 radical (unpaired) electrons. The molecule has 10 nitrogen and oxygen atoms in total. The van der Waals surface area contributed by atoms with Gasteiger partial charge in [-0.25, -0.2) is 14.2 Å². The summed E-state index contributed by atoms with van der Waals surface area (Å²) in [5.41, 5.74) is 2.31. The highest BCUT2D eigenvalue weighted by atomic mass is 19.1. The van der Waals surface area contributed by atoms with E-state index >= 15 is 0 Å². The summed E-state index contributed by atoms with van der Waals surface area (Å²) in [4.78, 5) is 29.6. The van der Waals surface area contributed by atoms with E-state index in [1.165, 1.54) is 29.1 Å². The lowest BCUT2D eigenvalue weighted by atomic mass is 9.99. The zero-order chi connectivity index (χ0) is 21.5. The molecule has 5 rings (SSSR count). The van der Waals surface area contributed by atoms with Gasteiger partial charge >= 0.3 is 12.1 Å². The maximum atomic E-state index is 15.0. The number of cyclic esters (lactones) is 1. The molecule has 0 saturated carbocycles. The molecular formula is C20H17FN6O4. The van der Waals surface area contributed by atoms with Crippen molar-refractivity contribution in [2.75, 3.05) is 12.0 Å². The van der Waals surface area contributed by atoms with Gasteiger partial charge in [-0.2, -0.15) is 4.68 Å². The molecule has 2 aliphatic heterocycles. The first-order valence-corrected chi connectivity index (χ1v) is 9.64. The van der Waals surface area contributed by atoms with Crippen LogP contribution in [0.5, 0.6) is 0 Å². The first-order chi connectivity index (χ1) is 15.0. The third-order valence-corrected chi connectivity index (χ3v) is 5.57. The van der Waals surface area contributed by atoms with E-state index in [1.807, 2.05) is 0 Å². The van der Waals surface area contributed by atoms with E-state index in [0.29, 0.717) is 35.5 Å². The van der Waals surface area contributed by atoms with Gasteiger partial charge in [-0.15, -0.1) is 5.10 Å². The predicted octanol–water partition coefficient (Wildman–Crippen LogP) is 2.07. The highest BCUT2D eigenvalue weighted by molar-refractivity contribution is 5.94. The van der Waals surface area contributed by atoms with Crippen molar-refractivity contribution in [3.05, 3.63) is 48.2 Å². The number of nitrogens with zero attached hydrogens (tertiary/aromatic N) is 6. The van der Waals surface area contributed by atoms with E-state index in [4.69, 9.17) is 4.74 Å². The van der Waals surface area contributed by atoms with Crippen LogP contribution in [0.4, 0.5) is 14.9 Å². The Bertz CT molecular complexity index is 1150. The molecule has 0 bridgehead atoms.